The molecule has 1 rings (SSSR count). The number of hydrogen-bond donors (Lipinski definition) is 1. The molecule has 0 spiro atoms. The highest BCUT2D eigenvalue weighted by atomic mass is 16.5. The third-order valence-electron chi connectivity index (χ3n) is 2.10. The van der Waals surface area contributed by atoms with Crippen LogP contribution in [0.2, 0.25) is 0 Å². The largest absolute Gasteiger partial charge is 0.469 e. The second kappa shape index (κ2) is 5.40. The minimum absolute atomic E-state index is 0.173. The summed E-state index contributed by atoms with van der Waals surface area (Å²) in [6.07, 6.45) is 1.15. The molecule has 3 nitrogen and oxygen atoms in total. The van der Waals surface area contributed by atoms with E-state index in [2.05, 4.69) is 4.74 Å². The Morgan fingerprint density at radius 1 is 1.29 bits per heavy atom. The van der Waals surface area contributed by atoms with Crippen molar-refractivity contribution in [3.63, 3.8) is 0 Å². The quantitative estimate of drug-likeness (QED) is 0.732. The Morgan fingerprint density at radius 3 is 2.36 bits per heavy atom. The lowest BCUT2D eigenvalue weighted by Crippen LogP contribution is -2.02. The molecule has 14 heavy (non-hydrogen) atoms. The molecule has 0 amide bonds. The molecule has 0 aliphatic carbocycles. The van der Waals surface area contributed by atoms with Crippen molar-refractivity contribution in [2.24, 2.45) is 5.73 Å². The molecule has 0 aliphatic rings. The van der Waals surface area contributed by atoms with Crippen LogP contribution in [0.4, 0.5) is 0 Å². The number of carbonyl (C=O) groups is 1. The van der Waals surface area contributed by atoms with Crippen molar-refractivity contribution >= 4 is 5.97 Å². The number of esters is 1. The molecule has 0 radical (unpaired) electrons. The molecule has 0 aromatic heterocycles. The monoisotopic (exact) mass is 193 g/mol. The first-order valence-electron chi connectivity index (χ1n) is 4.61. The molecule has 0 bridgehead atoms. The molecule has 1 aromatic carbocycles. The van der Waals surface area contributed by atoms with Gasteiger partial charge >= 0.3 is 5.97 Å². The van der Waals surface area contributed by atoms with Gasteiger partial charge in [0.05, 0.1) is 7.11 Å². The molecule has 0 saturated heterocycles. The van der Waals surface area contributed by atoms with Gasteiger partial charge in [-0.05, 0) is 17.5 Å². The molecular weight excluding hydrogens is 178 g/mol. The lowest BCUT2D eigenvalue weighted by molar-refractivity contribution is -0.140. The Kier molecular flexibility index (Phi) is 4.13. The van der Waals surface area contributed by atoms with E-state index in [1.807, 2.05) is 24.3 Å². The van der Waals surface area contributed by atoms with Gasteiger partial charge in [0.2, 0.25) is 0 Å². The van der Waals surface area contributed by atoms with E-state index in [1.165, 1.54) is 7.11 Å². The average molecular weight is 193 g/mol. The van der Waals surface area contributed by atoms with E-state index in [9.17, 15) is 4.79 Å². The molecule has 3 heteroatoms. The number of methoxy groups -OCH3 is 1. The van der Waals surface area contributed by atoms with E-state index in [1.54, 1.807) is 0 Å². The van der Waals surface area contributed by atoms with Gasteiger partial charge in [-0.15, -0.1) is 0 Å². The minimum Gasteiger partial charge on any atom is -0.469 e. The predicted octanol–water partition coefficient (Wildman–Crippen LogP) is 1.25. The van der Waals surface area contributed by atoms with Crippen LogP contribution in [-0.2, 0) is 22.5 Å². The van der Waals surface area contributed by atoms with Crippen LogP contribution in [0.1, 0.15) is 17.5 Å². The normalized spacial score (nSPS) is 9.86. The van der Waals surface area contributed by atoms with Crippen LogP contribution in [0.3, 0.4) is 0 Å². The van der Waals surface area contributed by atoms with Crippen molar-refractivity contribution in [3.05, 3.63) is 35.4 Å². The lowest BCUT2D eigenvalue weighted by atomic mass is 10.1. The first-order valence-corrected chi connectivity index (χ1v) is 4.61. The van der Waals surface area contributed by atoms with Gasteiger partial charge in [-0.1, -0.05) is 24.3 Å². The fourth-order valence-corrected chi connectivity index (χ4v) is 1.19. The molecular formula is C11H15NO2. The lowest BCUT2D eigenvalue weighted by Gasteiger charge is -2.01. The van der Waals surface area contributed by atoms with Gasteiger partial charge in [-0.2, -0.15) is 0 Å². The van der Waals surface area contributed by atoms with Crippen LogP contribution in [0.25, 0.3) is 0 Å². The third kappa shape index (κ3) is 3.18. The highest BCUT2D eigenvalue weighted by Crippen LogP contribution is 2.06. The number of rotatable bonds is 4. The second-order valence-electron chi connectivity index (χ2n) is 3.10. The molecule has 0 fully saturated rings. The summed E-state index contributed by atoms with van der Waals surface area (Å²) in [5.74, 6) is -0.173. The number of nitrogens with two attached hydrogens (primary N) is 1. The van der Waals surface area contributed by atoms with E-state index in [0.29, 0.717) is 13.0 Å². The molecule has 1 aromatic rings. The van der Waals surface area contributed by atoms with Gasteiger partial charge < -0.3 is 10.5 Å². The molecule has 0 atom stereocenters. The third-order valence-corrected chi connectivity index (χ3v) is 2.10. The van der Waals surface area contributed by atoms with Crippen molar-refractivity contribution in [2.75, 3.05) is 7.11 Å². The first-order chi connectivity index (χ1) is 6.76. The maximum atomic E-state index is 10.9. The van der Waals surface area contributed by atoms with E-state index >= 15 is 0 Å². The van der Waals surface area contributed by atoms with Crippen LogP contribution >= 0.6 is 0 Å². The number of ether oxygens (including phenoxy) is 1. The summed E-state index contributed by atoms with van der Waals surface area (Å²) in [5.41, 5.74) is 7.71. The van der Waals surface area contributed by atoms with Gasteiger partial charge in [0.25, 0.3) is 0 Å². The highest BCUT2D eigenvalue weighted by Gasteiger charge is 2.00. The van der Waals surface area contributed by atoms with Gasteiger partial charge in [0.15, 0.2) is 0 Å². The Hall–Kier alpha value is -1.35. The van der Waals surface area contributed by atoms with E-state index in [4.69, 9.17) is 5.73 Å². The Morgan fingerprint density at radius 2 is 1.86 bits per heavy atom. The fourth-order valence-electron chi connectivity index (χ4n) is 1.19. The molecule has 0 saturated carbocycles. The maximum absolute atomic E-state index is 10.9. The van der Waals surface area contributed by atoms with Crippen LogP contribution in [0.5, 0.6) is 0 Å². The van der Waals surface area contributed by atoms with Crippen molar-refractivity contribution in [3.8, 4) is 0 Å². The summed E-state index contributed by atoms with van der Waals surface area (Å²) >= 11 is 0. The van der Waals surface area contributed by atoms with E-state index in [0.717, 1.165) is 17.5 Å². The molecule has 2 N–H and O–H groups in total. The zero-order valence-corrected chi connectivity index (χ0v) is 8.32. The second-order valence-corrected chi connectivity index (χ2v) is 3.10. The molecule has 76 valence electrons. The zero-order chi connectivity index (χ0) is 10.4. The number of aryl methyl sites for hydroxylation is 1. The summed E-state index contributed by atoms with van der Waals surface area (Å²) in [4.78, 5) is 10.9. The SMILES string of the molecule is COC(=O)CCc1ccc(CN)cc1. The summed E-state index contributed by atoms with van der Waals surface area (Å²) in [6.45, 7) is 0.553. The van der Waals surface area contributed by atoms with Gasteiger partial charge in [-0.3, -0.25) is 4.79 Å². The van der Waals surface area contributed by atoms with Gasteiger partial charge in [0, 0.05) is 13.0 Å². The molecule has 0 heterocycles. The standard InChI is InChI=1S/C11H15NO2/c1-14-11(13)7-6-9-2-4-10(8-12)5-3-9/h2-5H,6-8,12H2,1H3. The summed E-state index contributed by atoms with van der Waals surface area (Å²) in [5, 5.41) is 0. The zero-order valence-electron chi connectivity index (χ0n) is 8.32. The highest BCUT2D eigenvalue weighted by molar-refractivity contribution is 5.69. The molecule has 0 unspecified atom stereocenters. The molecule has 0 aliphatic heterocycles. The maximum Gasteiger partial charge on any atom is 0.305 e. The fraction of sp³-hybridized carbons (Fsp3) is 0.364. The van der Waals surface area contributed by atoms with E-state index < -0.39 is 0 Å². The van der Waals surface area contributed by atoms with Crippen molar-refractivity contribution in [2.45, 2.75) is 19.4 Å². The van der Waals surface area contributed by atoms with Crippen molar-refractivity contribution in [1.82, 2.24) is 0 Å². The Labute approximate surface area is 83.9 Å². The van der Waals surface area contributed by atoms with Crippen LogP contribution < -0.4 is 5.73 Å². The van der Waals surface area contributed by atoms with Crippen LogP contribution in [0.15, 0.2) is 24.3 Å². The van der Waals surface area contributed by atoms with Gasteiger partial charge in [-0.25, -0.2) is 0 Å². The van der Waals surface area contributed by atoms with Crippen molar-refractivity contribution in [1.29, 1.82) is 0 Å². The van der Waals surface area contributed by atoms with E-state index in [-0.39, 0.29) is 5.97 Å². The van der Waals surface area contributed by atoms with Gasteiger partial charge in [0.1, 0.15) is 0 Å². The smallest absolute Gasteiger partial charge is 0.305 e. The summed E-state index contributed by atoms with van der Waals surface area (Å²) in [6, 6.07) is 7.94. The van der Waals surface area contributed by atoms with Crippen LogP contribution in [0, 0.1) is 0 Å². The Bertz CT molecular complexity index is 293. The minimum atomic E-state index is -0.173. The topological polar surface area (TPSA) is 52.3 Å². The average Bonchev–Trinajstić information content (AvgIpc) is 2.26. The first kappa shape index (κ1) is 10.7. The summed E-state index contributed by atoms with van der Waals surface area (Å²) in [7, 11) is 1.40. The number of carbonyl (C=O) groups excluding carboxylic acids is 1. The van der Waals surface area contributed by atoms with Crippen LogP contribution in [-0.4, -0.2) is 13.1 Å². The Balaban J connectivity index is 2.47. The summed E-state index contributed by atoms with van der Waals surface area (Å²) < 4.78 is 4.56. The van der Waals surface area contributed by atoms with Crippen molar-refractivity contribution < 1.29 is 9.53 Å². The number of hydrogen-bond acceptors (Lipinski definition) is 3. The predicted molar refractivity (Wildman–Crippen MR) is 54.7 cm³/mol. The number of benzene rings is 1.